The SMILES string of the molecule is CC(C)(C)OC(=O)NCCCc1cccc2c(N)cccc12. The molecular formula is C18H24N2O2. The zero-order chi connectivity index (χ0) is 16.2. The minimum Gasteiger partial charge on any atom is -0.444 e. The zero-order valence-corrected chi connectivity index (χ0v) is 13.5. The monoisotopic (exact) mass is 300 g/mol. The zero-order valence-electron chi connectivity index (χ0n) is 13.5. The van der Waals surface area contributed by atoms with Crippen molar-refractivity contribution in [2.24, 2.45) is 0 Å². The van der Waals surface area contributed by atoms with Crippen molar-refractivity contribution in [3.63, 3.8) is 0 Å². The molecule has 0 saturated carbocycles. The molecule has 0 fully saturated rings. The Morgan fingerprint density at radius 3 is 2.55 bits per heavy atom. The summed E-state index contributed by atoms with van der Waals surface area (Å²) in [5.41, 5.74) is 7.59. The highest BCUT2D eigenvalue weighted by Gasteiger charge is 2.15. The molecule has 0 unspecified atom stereocenters. The fraction of sp³-hybridized carbons (Fsp3) is 0.389. The van der Waals surface area contributed by atoms with Crippen LogP contribution in [0.3, 0.4) is 0 Å². The van der Waals surface area contributed by atoms with E-state index in [2.05, 4.69) is 17.4 Å². The van der Waals surface area contributed by atoms with Crippen molar-refractivity contribution in [1.82, 2.24) is 5.32 Å². The van der Waals surface area contributed by atoms with Gasteiger partial charge < -0.3 is 15.8 Å². The maximum Gasteiger partial charge on any atom is 0.407 e. The third-order valence-corrected chi connectivity index (χ3v) is 3.34. The van der Waals surface area contributed by atoms with Crippen LogP contribution in [0.2, 0.25) is 0 Å². The molecule has 4 nitrogen and oxygen atoms in total. The summed E-state index contributed by atoms with van der Waals surface area (Å²) in [5.74, 6) is 0. The summed E-state index contributed by atoms with van der Waals surface area (Å²) >= 11 is 0. The molecule has 0 spiro atoms. The number of hydrogen-bond acceptors (Lipinski definition) is 3. The summed E-state index contributed by atoms with van der Waals surface area (Å²) in [5, 5.41) is 5.05. The van der Waals surface area contributed by atoms with Crippen LogP contribution in [-0.2, 0) is 11.2 Å². The van der Waals surface area contributed by atoms with Gasteiger partial charge in [0.2, 0.25) is 0 Å². The Hall–Kier alpha value is -2.23. The number of amides is 1. The molecule has 0 aromatic heterocycles. The molecule has 1 amide bonds. The third-order valence-electron chi connectivity index (χ3n) is 3.34. The van der Waals surface area contributed by atoms with E-state index in [1.165, 1.54) is 10.9 Å². The molecule has 0 aliphatic heterocycles. The molecule has 3 N–H and O–H groups in total. The number of anilines is 1. The topological polar surface area (TPSA) is 64.3 Å². The number of nitrogens with one attached hydrogen (secondary N) is 1. The third kappa shape index (κ3) is 4.38. The van der Waals surface area contributed by atoms with Crippen LogP contribution in [0.5, 0.6) is 0 Å². The van der Waals surface area contributed by atoms with E-state index in [0.717, 1.165) is 23.9 Å². The van der Waals surface area contributed by atoms with Crippen LogP contribution < -0.4 is 11.1 Å². The average molecular weight is 300 g/mol. The van der Waals surface area contributed by atoms with E-state index in [-0.39, 0.29) is 6.09 Å². The Morgan fingerprint density at radius 1 is 1.14 bits per heavy atom. The Morgan fingerprint density at radius 2 is 1.82 bits per heavy atom. The Bertz CT molecular complexity index is 660. The molecule has 0 bridgehead atoms. The van der Waals surface area contributed by atoms with Gasteiger partial charge in [-0.3, -0.25) is 0 Å². The van der Waals surface area contributed by atoms with E-state index < -0.39 is 5.60 Å². The Kier molecular flexibility index (Phi) is 4.91. The van der Waals surface area contributed by atoms with Crippen LogP contribution in [0.25, 0.3) is 10.8 Å². The van der Waals surface area contributed by atoms with Gasteiger partial charge in [-0.05, 0) is 50.6 Å². The number of hydrogen-bond donors (Lipinski definition) is 2. The van der Waals surface area contributed by atoms with E-state index in [9.17, 15) is 4.79 Å². The van der Waals surface area contributed by atoms with Gasteiger partial charge in [-0.2, -0.15) is 0 Å². The van der Waals surface area contributed by atoms with E-state index >= 15 is 0 Å². The van der Waals surface area contributed by atoms with E-state index in [4.69, 9.17) is 10.5 Å². The predicted octanol–water partition coefficient (Wildman–Crippen LogP) is 3.88. The molecule has 0 aliphatic carbocycles. The highest BCUT2D eigenvalue weighted by atomic mass is 16.6. The van der Waals surface area contributed by atoms with Crippen LogP contribution in [-0.4, -0.2) is 18.2 Å². The van der Waals surface area contributed by atoms with Crippen molar-refractivity contribution in [2.45, 2.75) is 39.2 Å². The van der Waals surface area contributed by atoms with Crippen molar-refractivity contribution < 1.29 is 9.53 Å². The van der Waals surface area contributed by atoms with Crippen molar-refractivity contribution in [3.8, 4) is 0 Å². The number of benzene rings is 2. The Balaban J connectivity index is 1.91. The minimum atomic E-state index is -0.461. The lowest BCUT2D eigenvalue weighted by Gasteiger charge is -2.19. The number of nitrogen functional groups attached to an aromatic ring is 1. The van der Waals surface area contributed by atoms with Gasteiger partial charge in [0.1, 0.15) is 5.60 Å². The second kappa shape index (κ2) is 6.69. The number of ether oxygens (including phenoxy) is 1. The second-order valence-electron chi connectivity index (χ2n) is 6.39. The molecule has 0 heterocycles. The smallest absolute Gasteiger partial charge is 0.407 e. The van der Waals surface area contributed by atoms with Gasteiger partial charge in [-0.25, -0.2) is 4.79 Å². The standard InChI is InChI=1S/C18H24N2O2/c1-18(2,3)22-17(21)20-12-6-8-13-7-4-10-15-14(13)9-5-11-16(15)19/h4-5,7,9-11H,6,8,12,19H2,1-3H3,(H,20,21). The molecule has 2 rings (SSSR count). The molecule has 118 valence electrons. The van der Waals surface area contributed by atoms with Crippen LogP contribution in [0.4, 0.5) is 10.5 Å². The molecule has 4 heteroatoms. The lowest BCUT2D eigenvalue weighted by atomic mass is 10.00. The first-order valence-electron chi connectivity index (χ1n) is 7.60. The van der Waals surface area contributed by atoms with Gasteiger partial charge in [0.25, 0.3) is 0 Å². The lowest BCUT2D eigenvalue weighted by Crippen LogP contribution is -2.33. The molecule has 2 aromatic carbocycles. The number of aryl methyl sites for hydroxylation is 1. The summed E-state index contributed by atoms with van der Waals surface area (Å²) in [6, 6.07) is 12.1. The minimum absolute atomic E-state index is 0.366. The number of rotatable bonds is 4. The first-order valence-corrected chi connectivity index (χ1v) is 7.60. The number of alkyl carbamates (subject to hydrolysis) is 1. The first-order chi connectivity index (χ1) is 10.4. The van der Waals surface area contributed by atoms with Crippen LogP contribution in [0, 0.1) is 0 Å². The van der Waals surface area contributed by atoms with Gasteiger partial charge in [0.15, 0.2) is 0 Å². The molecule has 0 atom stereocenters. The maximum atomic E-state index is 11.6. The van der Waals surface area contributed by atoms with Crippen LogP contribution >= 0.6 is 0 Å². The number of fused-ring (bicyclic) bond motifs is 1. The molecule has 0 aliphatic rings. The fourth-order valence-electron chi connectivity index (χ4n) is 2.40. The van der Waals surface area contributed by atoms with Gasteiger partial charge in [0, 0.05) is 17.6 Å². The maximum absolute atomic E-state index is 11.6. The largest absolute Gasteiger partial charge is 0.444 e. The van der Waals surface area contributed by atoms with Crippen molar-refractivity contribution >= 4 is 22.6 Å². The summed E-state index contributed by atoms with van der Waals surface area (Å²) < 4.78 is 5.21. The lowest BCUT2D eigenvalue weighted by molar-refractivity contribution is 0.0527. The van der Waals surface area contributed by atoms with Crippen molar-refractivity contribution in [3.05, 3.63) is 42.0 Å². The van der Waals surface area contributed by atoms with Gasteiger partial charge in [-0.15, -0.1) is 0 Å². The Labute approximate surface area is 131 Å². The van der Waals surface area contributed by atoms with Gasteiger partial charge in [0.05, 0.1) is 0 Å². The highest BCUT2D eigenvalue weighted by Crippen LogP contribution is 2.24. The first kappa shape index (κ1) is 16.1. The van der Waals surface area contributed by atoms with E-state index in [1.807, 2.05) is 45.0 Å². The summed E-state index contributed by atoms with van der Waals surface area (Å²) in [4.78, 5) is 11.6. The normalized spacial score (nSPS) is 11.4. The number of carbonyl (C=O) groups excluding carboxylic acids is 1. The van der Waals surface area contributed by atoms with Crippen molar-refractivity contribution in [2.75, 3.05) is 12.3 Å². The molecular weight excluding hydrogens is 276 g/mol. The van der Waals surface area contributed by atoms with Crippen molar-refractivity contribution in [1.29, 1.82) is 0 Å². The van der Waals surface area contributed by atoms with E-state index in [0.29, 0.717) is 6.54 Å². The van der Waals surface area contributed by atoms with Gasteiger partial charge >= 0.3 is 6.09 Å². The molecule has 0 saturated heterocycles. The molecule has 2 aromatic rings. The summed E-state index contributed by atoms with van der Waals surface area (Å²) in [6.07, 6.45) is 1.37. The number of carbonyl (C=O) groups is 1. The average Bonchev–Trinajstić information content (AvgIpc) is 2.42. The summed E-state index contributed by atoms with van der Waals surface area (Å²) in [6.45, 7) is 6.15. The van der Waals surface area contributed by atoms with Crippen LogP contribution in [0.15, 0.2) is 36.4 Å². The number of nitrogens with two attached hydrogens (primary N) is 1. The highest BCUT2D eigenvalue weighted by molar-refractivity contribution is 5.94. The quantitative estimate of drug-likeness (QED) is 0.665. The second-order valence-corrected chi connectivity index (χ2v) is 6.39. The fourth-order valence-corrected chi connectivity index (χ4v) is 2.40. The van der Waals surface area contributed by atoms with Crippen LogP contribution in [0.1, 0.15) is 32.8 Å². The van der Waals surface area contributed by atoms with Gasteiger partial charge in [-0.1, -0.05) is 30.3 Å². The molecule has 22 heavy (non-hydrogen) atoms. The van der Waals surface area contributed by atoms with E-state index in [1.54, 1.807) is 0 Å². The summed E-state index contributed by atoms with van der Waals surface area (Å²) in [7, 11) is 0. The molecule has 0 radical (unpaired) electrons. The predicted molar refractivity (Wildman–Crippen MR) is 90.9 cm³/mol.